The van der Waals surface area contributed by atoms with Crippen LogP contribution in [0.5, 0.6) is 0 Å². The Morgan fingerprint density at radius 1 is 1.33 bits per heavy atom. The third-order valence-corrected chi connectivity index (χ3v) is 1.81. The highest BCUT2D eigenvalue weighted by Gasteiger charge is 2.25. The van der Waals surface area contributed by atoms with E-state index in [4.69, 9.17) is 5.11 Å². The van der Waals surface area contributed by atoms with Crippen LogP contribution in [0.2, 0.25) is 0 Å². The minimum absolute atomic E-state index is 0.552. The van der Waals surface area contributed by atoms with Crippen LogP contribution in [-0.4, -0.2) is 18.2 Å². The van der Waals surface area contributed by atoms with E-state index in [1.807, 2.05) is 0 Å². The van der Waals surface area contributed by atoms with Crippen molar-refractivity contribution in [1.29, 1.82) is 0 Å². The zero-order chi connectivity index (χ0) is 11.6. The van der Waals surface area contributed by atoms with Crippen LogP contribution >= 0.6 is 0 Å². The summed E-state index contributed by atoms with van der Waals surface area (Å²) in [5, 5.41) is 8.60. The molecule has 15 heavy (non-hydrogen) atoms. The van der Waals surface area contributed by atoms with E-state index in [2.05, 4.69) is 4.74 Å². The Balaban J connectivity index is 3.25. The largest absolute Gasteiger partial charge is 0.479 e. The molecule has 0 saturated heterocycles. The first kappa shape index (κ1) is 11.5. The first-order chi connectivity index (χ1) is 6.99. The molecule has 1 atom stereocenters. The number of carbonyl (C=O) groups is 1. The minimum atomic E-state index is -1.71. The lowest BCUT2D eigenvalue weighted by Gasteiger charge is -2.11. The number of methoxy groups -OCH3 is 1. The minimum Gasteiger partial charge on any atom is -0.479 e. The van der Waals surface area contributed by atoms with Crippen molar-refractivity contribution in [2.75, 3.05) is 7.11 Å². The number of hydrogen-bond acceptors (Lipinski definition) is 2. The van der Waals surface area contributed by atoms with Crippen molar-refractivity contribution in [1.82, 2.24) is 0 Å². The molecule has 82 valence electrons. The van der Waals surface area contributed by atoms with Gasteiger partial charge in [-0.1, -0.05) is 0 Å². The fraction of sp³-hybridized carbons (Fsp3) is 0.222. The summed E-state index contributed by atoms with van der Waals surface area (Å²) in [6, 6.07) is 1.47. The molecule has 0 aliphatic rings. The smallest absolute Gasteiger partial charge is 0.337 e. The molecule has 0 aromatic heterocycles. The van der Waals surface area contributed by atoms with E-state index in [1.54, 1.807) is 0 Å². The Morgan fingerprint density at radius 2 is 1.93 bits per heavy atom. The van der Waals surface area contributed by atoms with Crippen LogP contribution in [0.15, 0.2) is 12.1 Å². The maximum atomic E-state index is 13.1. The highest BCUT2D eigenvalue weighted by molar-refractivity contribution is 5.74. The summed E-state index contributed by atoms with van der Waals surface area (Å²) in [6.45, 7) is 0. The van der Waals surface area contributed by atoms with Crippen molar-refractivity contribution in [3.05, 3.63) is 35.1 Å². The van der Waals surface area contributed by atoms with E-state index in [-0.39, 0.29) is 0 Å². The molecule has 0 saturated carbocycles. The second-order valence-electron chi connectivity index (χ2n) is 2.72. The summed E-state index contributed by atoms with van der Waals surface area (Å²) < 4.78 is 42.8. The van der Waals surface area contributed by atoms with Crippen LogP contribution in [0.3, 0.4) is 0 Å². The van der Waals surface area contributed by atoms with Gasteiger partial charge in [0, 0.05) is 12.7 Å². The van der Waals surface area contributed by atoms with Crippen LogP contribution in [0.1, 0.15) is 11.7 Å². The number of aliphatic carboxylic acids is 1. The van der Waals surface area contributed by atoms with Gasteiger partial charge in [-0.3, -0.25) is 0 Å². The molecule has 0 amide bonds. The van der Waals surface area contributed by atoms with E-state index in [0.717, 1.165) is 13.2 Å². The Morgan fingerprint density at radius 3 is 2.40 bits per heavy atom. The molecule has 1 aromatic carbocycles. The second-order valence-corrected chi connectivity index (χ2v) is 2.72. The predicted molar refractivity (Wildman–Crippen MR) is 43.7 cm³/mol. The highest BCUT2D eigenvalue weighted by Crippen LogP contribution is 2.23. The number of benzene rings is 1. The Labute approximate surface area is 83.1 Å². The predicted octanol–water partition coefficient (Wildman–Crippen LogP) is 1.88. The first-order valence-electron chi connectivity index (χ1n) is 3.88. The zero-order valence-electron chi connectivity index (χ0n) is 7.63. The summed E-state index contributed by atoms with van der Waals surface area (Å²) in [5.74, 6) is -6.13. The summed E-state index contributed by atoms with van der Waals surface area (Å²) in [6.07, 6.45) is -1.65. The van der Waals surface area contributed by atoms with Crippen molar-refractivity contribution in [3.63, 3.8) is 0 Å². The third kappa shape index (κ3) is 2.10. The van der Waals surface area contributed by atoms with Gasteiger partial charge in [-0.15, -0.1) is 0 Å². The van der Waals surface area contributed by atoms with Gasteiger partial charge in [-0.25, -0.2) is 18.0 Å². The van der Waals surface area contributed by atoms with Crippen LogP contribution in [0.25, 0.3) is 0 Å². The van der Waals surface area contributed by atoms with Gasteiger partial charge in [0.15, 0.2) is 23.6 Å². The van der Waals surface area contributed by atoms with Gasteiger partial charge in [0.25, 0.3) is 0 Å². The van der Waals surface area contributed by atoms with Gasteiger partial charge < -0.3 is 9.84 Å². The average Bonchev–Trinajstić information content (AvgIpc) is 2.18. The Bertz CT molecular complexity index is 392. The van der Waals surface area contributed by atoms with Crippen molar-refractivity contribution in [3.8, 4) is 0 Å². The maximum Gasteiger partial charge on any atom is 0.337 e. The lowest BCUT2D eigenvalue weighted by atomic mass is 10.1. The lowest BCUT2D eigenvalue weighted by molar-refractivity contribution is -0.149. The molecule has 1 N–H and O–H groups in total. The number of rotatable bonds is 3. The highest BCUT2D eigenvalue weighted by atomic mass is 19.2. The number of ether oxygens (including phenoxy) is 1. The normalized spacial score (nSPS) is 12.5. The van der Waals surface area contributed by atoms with E-state index in [9.17, 15) is 18.0 Å². The molecule has 0 bridgehead atoms. The number of carboxylic acids is 1. The average molecular weight is 220 g/mol. The standard InChI is InChI=1S/C9H7F3O3/c1-15-8(9(13)14)4-2-3-5(10)7(12)6(4)11/h2-3,8H,1H3,(H,13,14)/t8-/m1/s1. The first-order valence-corrected chi connectivity index (χ1v) is 3.88. The quantitative estimate of drug-likeness (QED) is 0.791. The van der Waals surface area contributed by atoms with E-state index in [0.29, 0.717) is 6.07 Å². The third-order valence-electron chi connectivity index (χ3n) is 1.81. The van der Waals surface area contributed by atoms with Crippen molar-refractivity contribution in [2.45, 2.75) is 6.10 Å². The monoisotopic (exact) mass is 220 g/mol. The second kappa shape index (κ2) is 4.31. The fourth-order valence-electron chi connectivity index (χ4n) is 1.10. The molecule has 0 aliphatic heterocycles. The van der Waals surface area contributed by atoms with Crippen LogP contribution in [0, 0.1) is 17.5 Å². The van der Waals surface area contributed by atoms with E-state index in [1.165, 1.54) is 0 Å². The Kier molecular flexibility index (Phi) is 3.31. The number of carboxylic acid groups (broad SMARTS) is 1. The topological polar surface area (TPSA) is 46.5 Å². The van der Waals surface area contributed by atoms with E-state index >= 15 is 0 Å². The fourth-order valence-corrected chi connectivity index (χ4v) is 1.10. The molecule has 6 heteroatoms. The molecule has 1 aromatic rings. The Hall–Kier alpha value is -1.56. The molecule has 3 nitrogen and oxygen atoms in total. The van der Waals surface area contributed by atoms with Crippen molar-refractivity contribution in [2.24, 2.45) is 0 Å². The number of halogens is 3. The molecule has 0 unspecified atom stereocenters. The molecule has 0 radical (unpaired) electrons. The lowest BCUT2D eigenvalue weighted by Crippen LogP contribution is -2.16. The van der Waals surface area contributed by atoms with Crippen LogP contribution in [0.4, 0.5) is 13.2 Å². The van der Waals surface area contributed by atoms with Crippen LogP contribution < -0.4 is 0 Å². The van der Waals surface area contributed by atoms with Crippen molar-refractivity contribution < 1.29 is 27.8 Å². The summed E-state index contributed by atoms with van der Waals surface area (Å²) in [5.41, 5.74) is -0.552. The van der Waals surface area contributed by atoms with Gasteiger partial charge in [0.2, 0.25) is 0 Å². The van der Waals surface area contributed by atoms with Gasteiger partial charge in [-0.2, -0.15) is 0 Å². The van der Waals surface area contributed by atoms with Gasteiger partial charge in [0.05, 0.1) is 0 Å². The molecule has 0 fully saturated rings. The molecule has 0 heterocycles. The van der Waals surface area contributed by atoms with Gasteiger partial charge in [0.1, 0.15) is 0 Å². The summed E-state index contributed by atoms with van der Waals surface area (Å²) in [7, 11) is 1.03. The number of hydrogen-bond donors (Lipinski definition) is 1. The van der Waals surface area contributed by atoms with E-state index < -0.39 is 35.1 Å². The van der Waals surface area contributed by atoms with Crippen molar-refractivity contribution >= 4 is 5.97 Å². The van der Waals surface area contributed by atoms with Gasteiger partial charge in [-0.05, 0) is 12.1 Å². The zero-order valence-corrected chi connectivity index (χ0v) is 7.63. The maximum absolute atomic E-state index is 13.1. The van der Waals surface area contributed by atoms with Gasteiger partial charge >= 0.3 is 5.97 Å². The molecule has 1 rings (SSSR count). The molecule has 0 aliphatic carbocycles. The summed E-state index contributed by atoms with van der Waals surface area (Å²) >= 11 is 0. The SMILES string of the molecule is CO[C@@H](C(=O)O)c1ccc(F)c(F)c1F. The molecular formula is C9H7F3O3. The summed E-state index contributed by atoms with van der Waals surface area (Å²) in [4.78, 5) is 10.6. The molecule has 0 spiro atoms. The molecular weight excluding hydrogens is 213 g/mol. The van der Waals surface area contributed by atoms with Crippen LogP contribution in [-0.2, 0) is 9.53 Å².